The molecule has 0 fully saturated rings. The Morgan fingerprint density at radius 2 is 1.77 bits per heavy atom. The van der Waals surface area contributed by atoms with Crippen LogP contribution in [0.4, 0.5) is 5.69 Å². The molecule has 0 heterocycles. The highest BCUT2D eigenvalue weighted by atomic mass is 32.2. The molecule has 0 bridgehead atoms. The van der Waals surface area contributed by atoms with Crippen LogP contribution in [0.3, 0.4) is 0 Å². The normalized spacial score (nSPS) is 10.8. The third-order valence-electron chi connectivity index (χ3n) is 3.48. The molecule has 0 radical (unpaired) electrons. The summed E-state index contributed by atoms with van der Waals surface area (Å²) < 4.78 is 27.4. The zero-order valence-electron chi connectivity index (χ0n) is 14.1. The minimum atomic E-state index is -3.73. The number of nitrogens with two attached hydrogens (primary N) is 1. The first-order valence-corrected chi connectivity index (χ1v) is 9.19. The molecule has 2 aromatic carbocycles. The average Bonchev–Trinajstić information content (AvgIpc) is 2.61. The molecule has 0 atom stereocenters. The molecule has 0 unspecified atom stereocenters. The molecule has 138 valence electrons. The van der Waals surface area contributed by atoms with Crippen LogP contribution in [0.2, 0.25) is 0 Å². The van der Waals surface area contributed by atoms with Gasteiger partial charge in [0.05, 0.1) is 12.0 Å². The molecule has 0 aliphatic carbocycles. The second-order valence-electron chi connectivity index (χ2n) is 5.38. The molecule has 2 amide bonds. The number of primary sulfonamides is 1. The van der Waals surface area contributed by atoms with E-state index < -0.39 is 21.8 Å². The molecule has 8 nitrogen and oxygen atoms in total. The van der Waals surface area contributed by atoms with Gasteiger partial charge in [-0.3, -0.25) is 9.59 Å². The highest BCUT2D eigenvalue weighted by Crippen LogP contribution is 2.16. The standard InChI is InChI=1S/C17H19N3O5S/c1-25-14-4-2-3-13(11-14)20-17(22)16(21)19-10-9-12-5-7-15(8-6-12)26(18,23)24/h2-8,11H,9-10H2,1H3,(H,19,21)(H,20,22)(H2,18,23,24). The van der Waals surface area contributed by atoms with Crippen molar-refractivity contribution in [3.63, 3.8) is 0 Å². The smallest absolute Gasteiger partial charge is 0.313 e. The van der Waals surface area contributed by atoms with Crippen LogP contribution < -0.4 is 20.5 Å². The summed E-state index contributed by atoms with van der Waals surface area (Å²) in [6.45, 7) is 0.221. The van der Waals surface area contributed by atoms with E-state index in [2.05, 4.69) is 10.6 Å². The Labute approximate surface area is 151 Å². The lowest BCUT2D eigenvalue weighted by atomic mass is 10.1. The van der Waals surface area contributed by atoms with Gasteiger partial charge in [0.2, 0.25) is 10.0 Å². The average molecular weight is 377 g/mol. The highest BCUT2D eigenvalue weighted by Gasteiger charge is 2.13. The number of sulfonamides is 1. The van der Waals surface area contributed by atoms with Crippen molar-refractivity contribution >= 4 is 27.5 Å². The maximum Gasteiger partial charge on any atom is 0.313 e. The van der Waals surface area contributed by atoms with Crippen LogP contribution in [-0.4, -0.2) is 33.9 Å². The van der Waals surface area contributed by atoms with Crippen LogP contribution in [0.15, 0.2) is 53.4 Å². The van der Waals surface area contributed by atoms with E-state index in [0.717, 1.165) is 5.56 Å². The lowest BCUT2D eigenvalue weighted by molar-refractivity contribution is -0.136. The second kappa shape index (κ2) is 8.45. The third kappa shape index (κ3) is 5.57. The Hall–Kier alpha value is -2.91. The van der Waals surface area contributed by atoms with Crippen molar-refractivity contribution in [2.75, 3.05) is 19.0 Å². The minimum absolute atomic E-state index is 0.0166. The van der Waals surface area contributed by atoms with Crippen LogP contribution in [0.5, 0.6) is 5.75 Å². The fourth-order valence-electron chi connectivity index (χ4n) is 2.14. The zero-order valence-corrected chi connectivity index (χ0v) is 14.9. The van der Waals surface area contributed by atoms with E-state index in [-0.39, 0.29) is 11.4 Å². The van der Waals surface area contributed by atoms with Crippen LogP contribution in [0, 0.1) is 0 Å². The predicted molar refractivity (Wildman–Crippen MR) is 96.2 cm³/mol. The first kappa shape index (κ1) is 19.4. The van der Waals surface area contributed by atoms with Crippen LogP contribution >= 0.6 is 0 Å². The number of anilines is 1. The van der Waals surface area contributed by atoms with Gasteiger partial charge in [0.25, 0.3) is 0 Å². The molecule has 9 heteroatoms. The number of amides is 2. The third-order valence-corrected chi connectivity index (χ3v) is 4.41. The molecule has 0 saturated heterocycles. The Bertz CT molecular complexity index is 895. The Morgan fingerprint density at radius 1 is 1.08 bits per heavy atom. The Kier molecular flexibility index (Phi) is 6.31. The number of nitrogens with one attached hydrogen (secondary N) is 2. The van der Waals surface area contributed by atoms with Gasteiger partial charge in [0.1, 0.15) is 5.75 Å². The quantitative estimate of drug-likeness (QED) is 0.637. The lowest BCUT2D eigenvalue weighted by Crippen LogP contribution is -2.36. The summed E-state index contributed by atoms with van der Waals surface area (Å²) in [6, 6.07) is 12.6. The maximum absolute atomic E-state index is 11.9. The van der Waals surface area contributed by atoms with Crippen molar-refractivity contribution in [1.29, 1.82) is 0 Å². The van der Waals surface area contributed by atoms with E-state index in [4.69, 9.17) is 9.88 Å². The molecule has 0 spiro atoms. The molecule has 0 saturated carbocycles. The zero-order chi connectivity index (χ0) is 19.2. The van der Waals surface area contributed by atoms with Gasteiger partial charge in [-0.1, -0.05) is 18.2 Å². The van der Waals surface area contributed by atoms with Crippen molar-refractivity contribution in [3.05, 3.63) is 54.1 Å². The number of rotatable bonds is 6. The van der Waals surface area contributed by atoms with Gasteiger partial charge < -0.3 is 15.4 Å². The van der Waals surface area contributed by atoms with E-state index in [1.807, 2.05) is 0 Å². The second-order valence-corrected chi connectivity index (χ2v) is 6.94. The van der Waals surface area contributed by atoms with Gasteiger partial charge in [-0.2, -0.15) is 0 Å². The van der Waals surface area contributed by atoms with E-state index in [9.17, 15) is 18.0 Å². The molecular formula is C17H19N3O5S. The van der Waals surface area contributed by atoms with Gasteiger partial charge in [-0.15, -0.1) is 0 Å². The van der Waals surface area contributed by atoms with E-state index in [1.165, 1.54) is 19.2 Å². The molecule has 4 N–H and O–H groups in total. The molecule has 0 aliphatic heterocycles. The fraction of sp³-hybridized carbons (Fsp3) is 0.176. The number of ether oxygens (including phenoxy) is 1. The monoisotopic (exact) mass is 377 g/mol. The number of carbonyl (C=O) groups is 2. The topological polar surface area (TPSA) is 128 Å². The molecule has 26 heavy (non-hydrogen) atoms. The Balaban J connectivity index is 1.83. The first-order valence-electron chi connectivity index (χ1n) is 7.64. The molecule has 0 aromatic heterocycles. The van der Waals surface area contributed by atoms with Crippen molar-refractivity contribution in [3.8, 4) is 5.75 Å². The molecule has 2 aromatic rings. The summed E-state index contributed by atoms with van der Waals surface area (Å²) in [5.74, 6) is -0.997. The first-order chi connectivity index (χ1) is 12.3. The van der Waals surface area contributed by atoms with Gasteiger partial charge in [-0.25, -0.2) is 13.6 Å². The maximum atomic E-state index is 11.9. The van der Waals surface area contributed by atoms with Crippen molar-refractivity contribution < 1.29 is 22.7 Å². The summed E-state index contributed by atoms with van der Waals surface area (Å²) >= 11 is 0. The van der Waals surface area contributed by atoms with E-state index in [1.54, 1.807) is 36.4 Å². The van der Waals surface area contributed by atoms with Crippen LogP contribution in [0.1, 0.15) is 5.56 Å². The largest absolute Gasteiger partial charge is 0.497 e. The lowest BCUT2D eigenvalue weighted by Gasteiger charge is -2.08. The fourth-order valence-corrected chi connectivity index (χ4v) is 2.65. The van der Waals surface area contributed by atoms with Crippen molar-refractivity contribution in [1.82, 2.24) is 5.32 Å². The van der Waals surface area contributed by atoms with E-state index in [0.29, 0.717) is 17.9 Å². The van der Waals surface area contributed by atoms with E-state index >= 15 is 0 Å². The van der Waals surface area contributed by atoms with Gasteiger partial charge in [0.15, 0.2) is 0 Å². The van der Waals surface area contributed by atoms with Crippen molar-refractivity contribution in [2.45, 2.75) is 11.3 Å². The summed E-state index contributed by atoms with van der Waals surface area (Å²) in [7, 11) is -2.23. The summed E-state index contributed by atoms with van der Waals surface area (Å²) in [5.41, 5.74) is 1.24. The van der Waals surface area contributed by atoms with Gasteiger partial charge in [0, 0.05) is 18.3 Å². The van der Waals surface area contributed by atoms with Crippen LogP contribution in [-0.2, 0) is 26.0 Å². The molecular weight excluding hydrogens is 358 g/mol. The summed E-state index contributed by atoms with van der Waals surface area (Å²) in [6.07, 6.45) is 0.434. The number of hydrogen-bond acceptors (Lipinski definition) is 5. The number of hydrogen-bond donors (Lipinski definition) is 3. The highest BCUT2D eigenvalue weighted by molar-refractivity contribution is 7.89. The SMILES string of the molecule is COc1cccc(NC(=O)C(=O)NCCc2ccc(S(N)(=O)=O)cc2)c1. The molecule has 2 rings (SSSR count). The van der Waals surface area contributed by atoms with Gasteiger partial charge >= 0.3 is 11.8 Å². The number of methoxy groups -OCH3 is 1. The van der Waals surface area contributed by atoms with Crippen molar-refractivity contribution in [2.24, 2.45) is 5.14 Å². The van der Waals surface area contributed by atoms with Gasteiger partial charge in [-0.05, 0) is 36.2 Å². The minimum Gasteiger partial charge on any atom is -0.497 e. The number of carbonyl (C=O) groups excluding carboxylic acids is 2. The summed E-state index contributed by atoms with van der Waals surface area (Å²) in [4.78, 5) is 23.7. The van der Waals surface area contributed by atoms with Crippen LogP contribution in [0.25, 0.3) is 0 Å². The predicted octanol–water partition coefficient (Wildman–Crippen LogP) is 0.640. The summed E-state index contributed by atoms with van der Waals surface area (Å²) in [5, 5.41) is 10.0. The number of benzene rings is 2. The Morgan fingerprint density at radius 3 is 2.38 bits per heavy atom. The molecule has 0 aliphatic rings.